The Hall–Kier alpha value is -6.70. The molecule has 2 aliphatic carbocycles. The van der Waals surface area contributed by atoms with Gasteiger partial charge in [-0.25, -0.2) is 0 Å². The van der Waals surface area contributed by atoms with Crippen molar-refractivity contribution in [1.82, 2.24) is 0 Å². The molecular weight excluding hydrogens is 665 g/mol. The smallest absolute Gasteiger partial charge is 0.139 e. The summed E-state index contributed by atoms with van der Waals surface area (Å²) in [4.78, 5) is 0. The fraction of sp³-hybridized carbons (Fsp3) is 0.0741. The summed E-state index contributed by atoms with van der Waals surface area (Å²) in [6.07, 6.45) is 8.63. The molecule has 8 aromatic carbocycles. The molecule has 0 saturated carbocycles. The molecule has 0 radical (unpaired) electrons. The molecule has 0 saturated heterocycles. The number of ether oxygens (including phenoxy) is 1. The average Bonchev–Trinajstić information content (AvgIpc) is 3.71. The van der Waals surface area contributed by atoms with Gasteiger partial charge in [-0.05, 0) is 98.0 Å². The fourth-order valence-electron chi connectivity index (χ4n) is 10.1. The summed E-state index contributed by atoms with van der Waals surface area (Å²) < 4.78 is 6.87. The van der Waals surface area contributed by atoms with E-state index in [4.69, 9.17) is 4.74 Å². The normalized spacial score (nSPS) is 16.8. The molecule has 1 spiro atoms. The number of allylic oxidation sites excluding steroid dienone is 4. The van der Waals surface area contributed by atoms with Crippen LogP contribution in [0.5, 0.6) is 11.5 Å². The molecule has 1 heterocycles. The summed E-state index contributed by atoms with van der Waals surface area (Å²) in [7, 11) is 0. The lowest BCUT2D eigenvalue weighted by molar-refractivity contribution is 0.432. The SMILES string of the molecule is C/C=C\C=C\C1(C)c2ccccc2Oc2c(-c3ccc(-c4ccc5c(c4)C4(c6ccccc6-c6ccccc64)c4ccccc4-5)c4ccccc34)cccc21. The third kappa shape index (κ3) is 4.30. The quantitative estimate of drug-likeness (QED) is 0.166. The van der Waals surface area contributed by atoms with E-state index in [0.717, 1.165) is 17.1 Å². The van der Waals surface area contributed by atoms with Gasteiger partial charge in [-0.15, -0.1) is 0 Å². The lowest BCUT2D eigenvalue weighted by Crippen LogP contribution is -2.26. The highest BCUT2D eigenvalue weighted by Gasteiger charge is 2.51. The van der Waals surface area contributed by atoms with Crippen LogP contribution >= 0.6 is 0 Å². The fourth-order valence-corrected chi connectivity index (χ4v) is 10.1. The zero-order chi connectivity index (χ0) is 36.7. The molecule has 55 heavy (non-hydrogen) atoms. The van der Waals surface area contributed by atoms with Crippen molar-refractivity contribution in [2.24, 2.45) is 0 Å². The van der Waals surface area contributed by atoms with E-state index in [9.17, 15) is 0 Å². The van der Waals surface area contributed by atoms with E-state index in [0.29, 0.717) is 0 Å². The number of rotatable bonds is 4. The molecule has 0 fully saturated rings. The zero-order valence-electron chi connectivity index (χ0n) is 30.9. The molecule has 1 atom stereocenters. The second kappa shape index (κ2) is 11.9. The highest BCUT2D eigenvalue weighted by molar-refractivity contribution is 6.07. The van der Waals surface area contributed by atoms with Crippen LogP contribution in [0.1, 0.15) is 47.2 Å². The van der Waals surface area contributed by atoms with Crippen LogP contribution in [0, 0.1) is 0 Å². The molecule has 3 aliphatic rings. The van der Waals surface area contributed by atoms with Crippen molar-refractivity contribution in [2.45, 2.75) is 24.7 Å². The highest BCUT2D eigenvalue weighted by Crippen LogP contribution is 2.63. The second-order valence-corrected chi connectivity index (χ2v) is 15.2. The Kier molecular flexibility index (Phi) is 6.88. The van der Waals surface area contributed by atoms with Crippen molar-refractivity contribution >= 4 is 10.8 Å². The number of fused-ring (bicyclic) bond motifs is 13. The van der Waals surface area contributed by atoms with Gasteiger partial charge in [0, 0.05) is 22.1 Å². The summed E-state index contributed by atoms with van der Waals surface area (Å²) in [6, 6.07) is 62.9. The number of hydrogen-bond donors (Lipinski definition) is 0. The van der Waals surface area contributed by atoms with E-state index in [2.05, 4.69) is 208 Å². The van der Waals surface area contributed by atoms with Crippen LogP contribution in [0.15, 0.2) is 194 Å². The van der Waals surface area contributed by atoms with Gasteiger partial charge >= 0.3 is 0 Å². The van der Waals surface area contributed by atoms with Crippen molar-refractivity contribution in [2.75, 3.05) is 0 Å². The van der Waals surface area contributed by atoms with E-state index in [1.807, 2.05) is 0 Å². The van der Waals surface area contributed by atoms with Gasteiger partial charge in [0.15, 0.2) is 0 Å². The Morgan fingerprint density at radius 2 is 0.927 bits per heavy atom. The zero-order valence-corrected chi connectivity index (χ0v) is 30.9. The predicted molar refractivity (Wildman–Crippen MR) is 228 cm³/mol. The van der Waals surface area contributed by atoms with Crippen LogP contribution in [0.3, 0.4) is 0 Å². The van der Waals surface area contributed by atoms with Crippen LogP contribution in [0.4, 0.5) is 0 Å². The standard InChI is InChI=1S/C54H38O/c1-3-4-15-33-53(2)48-26-13-14-28-51(48)55-52-44(22-16-27-49(52)53)39-32-31-36(37-17-5-6-18-38(37)39)35-29-30-43-42-21-9-12-25-47(42)54(50(43)34-35)45-23-10-7-19-40(45)41-20-8-11-24-46(41)54/h3-34H,1-2H3/b4-3-,33-15+. The molecule has 1 heteroatoms. The van der Waals surface area contributed by atoms with Gasteiger partial charge in [0.25, 0.3) is 0 Å². The summed E-state index contributed by atoms with van der Waals surface area (Å²) >= 11 is 0. The second-order valence-electron chi connectivity index (χ2n) is 15.2. The predicted octanol–water partition coefficient (Wildman–Crippen LogP) is 14.1. The van der Waals surface area contributed by atoms with Crippen LogP contribution in [-0.2, 0) is 10.8 Å². The van der Waals surface area contributed by atoms with Gasteiger partial charge in [0.2, 0.25) is 0 Å². The topological polar surface area (TPSA) is 9.23 Å². The first-order valence-electron chi connectivity index (χ1n) is 19.3. The third-order valence-electron chi connectivity index (χ3n) is 12.5. The third-order valence-corrected chi connectivity index (χ3v) is 12.5. The van der Waals surface area contributed by atoms with Crippen LogP contribution < -0.4 is 4.74 Å². The summed E-state index contributed by atoms with van der Waals surface area (Å²) in [5.74, 6) is 1.82. The first kappa shape index (κ1) is 31.8. The molecule has 1 aliphatic heterocycles. The Morgan fingerprint density at radius 1 is 0.418 bits per heavy atom. The maximum Gasteiger partial charge on any atom is 0.139 e. The molecule has 1 unspecified atom stereocenters. The van der Waals surface area contributed by atoms with E-state index >= 15 is 0 Å². The van der Waals surface area contributed by atoms with Gasteiger partial charge in [-0.2, -0.15) is 0 Å². The summed E-state index contributed by atoms with van der Waals surface area (Å²) in [5.41, 5.74) is 17.0. The minimum absolute atomic E-state index is 0.356. The van der Waals surface area contributed by atoms with Crippen LogP contribution in [-0.4, -0.2) is 0 Å². The molecule has 8 aromatic rings. The van der Waals surface area contributed by atoms with Gasteiger partial charge in [0.05, 0.1) is 5.41 Å². The van der Waals surface area contributed by atoms with E-state index in [-0.39, 0.29) is 10.8 Å². The first-order valence-corrected chi connectivity index (χ1v) is 19.3. The largest absolute Gasteiger partial charge is 0.456 e. The monoisotopic (exact) mass is 702 g/mol. The molecule has 260 valence electrons. The Bertz CT molecular complexity index is 2880. The van der Waals surface area contributed by atoms with Crippen molar-refractivity contribution in [3.05, 3.63) is 228 Å². The van der Waals surface area contributed by atoms with Gasteiger partial charge in [0.1, 0.15) is 11.5 Å². The molecular formula is C54H38O. The summed E-state index contributed by atoms with van der Waals surface area (Å²) in [5, 5.41) is 2.43. The van der Waals surface area contributed by atoms with Crippen molar-refractivity contribution in [3.63, 3.8) is 0 Å². The molecule has 11 rings (SSSR count). The highest BCUT2D eigenvalue weighted by atomic mass is 16.5. The maximum absolute atomic E-state index is 6.87. The number of para-hydroxylation sites is 2. The minimum atomic E-state index is -0.379. The Balaban J connectivity index is 1.11. The average molecular weight is 703 g/mol. The first-order chi connectivity index (χ1) is 27.1. The van der Waals surface area contributed by atoms with Crippen LogP contribution in [0.25, 0.3) is 55.3 Å². The molecule has 1 nitrogen and oxygen atoms in total. The summed E-state index contributed by atoms with van der Waals surface area (Å²) in [6.45, 7) is 4.36. The molecule has 0 bridgehead atoms. The minimum Gasteiger partial charge on any atom is -0.456 e. The Morgan fingerprint density at radius 3 is 1.60 bits per heavy atom. The van der Waals surface area contributed by atoms with Gasteiger partial charge in [-0.3, -0.25) is 0 Å². The molecule has 0 amide bonds. The molecule has 0 aromatic heterocycles. The van der Waals surface area contributed by atoms with E-state index < -0.39 is 0 Å². The van der Waals surface area contributed by atoms with Gasteiger partial charge in [-0.1, -0.05) is 182 Å². The number of benzene rings is 8. The lowest BCUT2D eigenvalue weighted by Gasteiger charge is -2.36. The van der Waals surface area contributed by atoms with Crippen LogP contribution in [0.2, 0.25) is 0 Å². The van der Waals surface area contributed by atoms with Crippen molar-refractivity contribution in [1.29, 1.82) is 0 Å². The molecule has 0 N–H and O–H groups in total. The van der Waals surface area contributed by atoms with E-state index in [1.165, 1.54) is 83.1 Å². The number of hydrogen-bond acceptors (Lipinski definition) is 1. The van der Waals surface area contributed by atoms with E-state index in [1.54, 1.807) is 0 Å². The van der Waals surface area contributed by atoms with Crippen molar-refractivity contribution < 1.29 is 4.74 Å². The maximum atomic E-state index is 6.87. The Labute approximate surface area is 322 Å². The van der Waals surface area contributed by atoms with Crippen molar-refractivity contribution in [3.8, 4) is 56.0 Å². The van der Waals surface area contributed by atoms with Gasteiger partial charge < -0.3 is 4.74 Å². The lowest BCUT2D eigenvalue weighted by atomic mass is 9.70.